The minimum absolute atomic E-state index is 0.0374. The van der Waals surface area contributed by atoms with Crippen LogP contribution in [0.15, 0.2) is 47.1 Å². The Labute approximate surface area is 198 Å². The Morgan fingerprint density at radius 2 is 1.79 bits per heavy atom. The highest BCUT2D eigenvalue weighted by Gasteiger charge is 2.19. The van der Waals surface area contributed by atoms with Crippen molar-refractivity contribution in [2.45, 2.75) is 79.8 Å². The molecule has 0 spiro atoms. The highest BCUT2D eigenvalue weighted by Crippen LogP contribution is 2.28. The maximum atomic E-state index is 12.4. The van der Waals surface area contributed by atoms with E-state index in [0.29, 0.717) is 25.0 Å². The van der Waals surface area contributed by atoms with Crippen LogP contribution in [0.25, 0.3) is 0 Å². The molecule has 1 rings (SSSR count). The van der Waals surface area contributed by atoms with Gasteiger partial charge in [-0.05, 0) is 84.1 Å². The number of aryl methyl sites for hydroxylation is 1. The second-order valence-electron chi connectivity index (χ2n) is 9.22. The average Bonchev–Trinajstić information content (AvgIpc) is 2.73. The van der Waals surface area contributed by atoms with E-state index in [1.54, 1.807) is 25.3 Å². The minimum atomic E-state index is -1.04. The Bertz CT molecular complexity index is 916. The summed E-state index contributed by atoms with van der Waals surface area (Å²) in [5.74, 6) is 0.606. The lowest BCUT2D eigenvalue weighted by atomic mass is 9.94. The first-order valence-electron chi connectivity index (χ1n) is 11.5. The Kier molecular flexibility index (Phi) is 11.9. The molecule has 33 heavy (non-hydrogen) atoms. The van der Waals surface area contributed by atoms with Gasteiger partial charge >= 0.3 is 0 Å². The van der Waals surface area contributed by atoms with Crippen molar-refractivity contribution in [3.8, 4) is 11.5 Å². The molecule has 1 aromatic rings. The van der Waals surface area contributed by atoms with E-state index >= 15 is 0 Å². The summed E-state index contributed by atoms with van der Waals surface area (Å²) in [7, 11) is 1.59. The van der Waals surface area contributed by atoms with Gasteiger partial charge < -0.3 is 14.9 Å². The number of aliphatic hydroxyl groups is 1. The molecule has 0 radical (unpaired) electrons. The summed E-state index contributed by atoms with van der Waals surface area (Å²) < 4.78 is 5.27. The Hall–Kier alpha value is -2.66. The molecule has 0 saturated carbocycles. The topological polar surface area (TPSA) is 83.8 Å². The van der Waals surface area contributed by atoms with Gasteiger partial charge in [-0.25, -0.2) is 0 Å². The van der Waals surface area contributed by atoms with Crippen molar-refractivity contribution in [3.05, 3.63) is 58.2 Å². The van der Waals surface area contributed by atoms with E-state index < -0.39 is 6.10 Å². The highest BCUT2D eigenvalue weighted by molar-refractivity contribution is 5.92. The Morgan fingerprint density at radius 1 is 1.12 bits per heavy atom. The standard InChI is InChI=1S/C28H40O5/c1-18(2)13-26(30)28(32)21(5)10-8-9-19(3)14-24(29)15-20(4)11-12-23-17-25(33-7)16-22(6)27(23)31/h11,13-14,16-17,21,26,30-31H,8-10,12,15H2,1-7H3/b19-14-,20-11+. The average molecular weight is 457 g/mol. The molecule has 0 aliphatic heterocycles. The van der Waals surface area contributed by atoms with Crippen molar-refractivity contribution >= 4 is 11.6 Å². The normalized spacial score (nSPS) is 13.9. The van der Waals surface area contributed by atoms with E-state index in [-0.39, 0.29) is 23.2 Å². The molecule has 0 aliphatic rings. The molecule has 2 atom stereocenters. The number of ether oxygens (including phenoxy) is 1. The molecule has 5 nitrogen and oxygen atoms in total. The summed E-state index contributed by atoms with van der Waals surface area (Å²) in [6, 6.07) is 3.59. The fourth-order valence-electron chi connectivity index (χ4n) is 3.64. The van der Waals surface area contributed by atoms with Crippen LogP contribution in [0.4, 0.5) is 0 Å². The third-order valence-electron chi connectivity index (χ3n) is 5.60. The molecule has 0 bridgehead atoms. The maximum absolute atomic E-state index is 12.4. The minimum Gasteiger partial charge on any atom is -0.507 e. The first-order chi connectivity index (χ1) is 15.4. The van der Waals surface area contributed by atoms with Crippen LogP contribution >= 0.6 is 0 Å². The Morgan fingerprint density at radius 3 is 2.39 bits per heavy atom. The predicted octanol–water partition coefficient (Wildman–Crippen LogP) is 5.81. The SMILES string of the molecule is COc1cc(C)c(O)c(C/C=C(\C)CC(=O)/C=C(/C)CCCC(C)C(=O)C(O)C=C(C)C)c1. The molecule has 2 unspecified atom stereocenters. The van der Waals surface area contributed by atoms with Gasteiger partial charge in [-0.3, -0.25) is 9.59 Å². The van der Waals surface area contributed by atoms with Crippen molar-refractivity contribution < 1.29 is 24.5 Å². The number of hydrogen-bond donors (Lipinski definition) is 2. The van der Waals surface area contributed by atoms with E-state index in [1.807, 2.05) is 53.7 Å². The fourth-order valence-corrected chi connectivity index (χ4v) is 3.64. The molecule has 182 valence electrons. The second kappa shape index (κ2) is 13.8. The zero-order valence-corrected chi connectivity index (χ0v) is 21.2. The molecule has 0 aliphatic carbocycles. The largest absolute Gasteiger partial charge is 0.507 e. The van der Waals surface area contributed by atoms with Gasteiger partial charge in [0.05, 0.1) is 7.11 Å². The number of aliphatic hydroxyl groups excluding tert-OH is 1. The molecule has 0 fully saturated rings. The fraction of sp³-hybridized carbons (Fsp3) is 0.500. The van der Waals surface area contributed by atoms with Crippen molar-refractivity contribution in [1.29, 1.82) is 0 Å². The number of methoxy groups -OCH3 is 1. The molecule has 0 heterocycles. The maximum Gasteiger partial charge on any atom is 0.167 e. The number of phenols is 1. The number of carbonyl (C=O) groups is 2. The van der Waals surface area contributed by atoms with E-state index in [0.717, 1.165) is 40.7 Å². The molecule has 0 saturated heterocycles. The lowest BCUT2D eigenvalue weighted by Crippen LogP contribution is -2.25. The molecular weight excluding hydrogens is 416 g/mol. The number of allylic oxidation sites excluding steroid dienone is 5. The van der Waals surface area contributed by atoms with Gasteiger partial charge in [-0.15, -0.1) is 0 Å². The number of benzene rings is 1. The van der Waals surface area contributed by atoms with Gasteiger partial charge in [0.25, 0.3) is 0 Å². The number of Topliss-reactive ketones (excluding diaryl/α,β-unsaturated/α-hetero) is 1. The van der Waals surface area contributed by atoms with E-state index in [9.17, 15) is 19.8 Å². The summed E-state index contributed by atoms with van der Waals surface area (Å²) in [6.45, 7) is 11.2. The van der Waals surface area contributed by atoms with Crippen LogP contribution in [-0.4, -0.2) is 35.0 Å². The number of carbonyl (C=O) groups excluding carboxylic acids is 2. The zero-order chi connectivity index (χ0) is 25.1. The summed E-state index contributed by atoms with van der Waals surface area (Å²) in [5, 5.41) is 20.2. The van der Waals surface area contributed by atoms with E-state index in [4.69, 9.17) is 4.74 Å². The molecule has 2 N–H and O–H groups in total. The van der Waals surface area contributed by atoms with E-state index in [2.05, 4.69) is 0 Å². The van der Waals surface area contributed by atoms with Crippen LogP contribution in [-0.2, 0) is 16.0 Å². The van der Waals surface area contributed by atoms with Crippen LogP contribution in [0.3, 0.4) is 0 Å². The second-order valence-corrected chi connectivity index (χ2v) is 9.22. The lowest BCUT2D eigenvalue weighted by Gasteiger charge is -2.13. The van der Waals surface area contributed by atoms with Crippen LogP contribution < -0.4 is 4.74 Å². The molecule has 0 aromatic heterocycles. The summed E-state index contributed by atoms with van der Waals surface area (Å²) in [4.78, 5) is 24.6. The van der Waals surface area contributed by atoms with Gasteiger partial charge in [0.15, 0.2) is 11.6 Å². The van der Waals surface area contributed by atoms with Crippen LogP contribution in [0.1, 0.15) is 71.4 Å². The first-order valence-corrected chi connectivity index (χ1v) is 11.5. The third kappa shape index (κ3) is 10.2. The summed E-state index contributed by atoms with van der Waals surface area (Å²) >= 11 is 0. The smallest absolute Gasteiger partial charge is 0.167 e. The number of ketones is 2. The van der Waals surface area contributed by atoms with Crippen molar-refractivity contribution in [2.75, 3.05) is 7.11 Å². The van der Waals surface area contributed by atoms with Gasteiger partial charge in [-0.2, -0.15) is 0 Å². The summed E-state index contributed by atoms with van der Waals surface area (Å²) in [6.07, 6.45) is 7.22. The first kappa shape index (κ1) is 28.4. The van der Waals surface area contributed by atoms with Gasteiger partial charge in [0.1, 0.15) is 17.6 Å². The quantitative estimate of drug-likeness (QED) is 0.289. The highest BCUT2D eigenvalue weighted by atomic mass is 16.5. The van der Waals surface area contributed by atoms with Gasteiger partial charge in [0, 0.05) is 17.9 Å². The van der Waals surface area contributed by atoms with Gasteiger partial charge in [0.2, 0.25) is 0 Å². The van der Waals surface area contributed by atoms with Crippen LogP contribution in [0, 0.1) is 12.8 Å². The summed E-state index contributed by atoms with van der Waals surface area (Å²) in [5.41, 5.74) is 4.37. The van der Waals surface area contributed by atoms with Crippen molar-refractivity contribution in [1.82, 2.24) is 0 Å². The number of aromatic hydroxyl groups is 1. The predicted molar refractivity (Wildman–Crippen MR) is 134 cm³/mol. The van der Waals surface area contributed by atoms with Crippen molar-refractivity contribution in [2.24, 2.45) is 5.92 Å². The van der Waals surface area contributed by atoms with Crippen LogP contribution in [0.2, 0.25) is 0 Å². The number of hydrogen-bond acceptors (Lipinski definition) is 5. The van der Waals surface area contributed by atoms with Gasteiger partial charge in [-0.1, -0.05) is 35.8 Å². The van der Waals surface area contributed by atoms with E-state index in [1.165, 1.54) is 0 Å². The monoisotopic (exact) mass is 456 g/mol. The third-order valence-corrected chi connectivity index (χ3v) is 5.60. The molecule has 0 amide bonds. The number of phenolic OH excluding ortho intramolecular Hbond substituents is 1. The molecular formula is C28H40O5. The number of rotatable bonds is 13. The lowest BCUT2D eigenvalue weighted by molar-refractivity contribution is -0.128. The van der Waals surface area contributed by atoms with Crippen LogP contribution in [0.5, 0.6) is 11.5 Å². The van der Waals surface area contributed by atoms with Crippen molar-refractivity contribution in [3.63, 3.8) is 0 Å². The molecule has 5 heteroatoms. The Balaban J connectivity index is 2.56. The zero-order valence-electron chi connectivity index (χ0n) is 21.2. The molecule has 1 aromatic carbocycles.